The number of unbranched alkanes of at least 4 members (excludes halogenated alkanes) is 2. The van der Waals surface area contributed by atoms with Gasteiger partial charge in [0.05, 0.1) is 13.2 Å². The fourth-order valence-electron chi connectivity index (χ4n) is 7.66. The Kier molecular flexibility index (Phi) is 26.9. The van der Waals surface area contributed by atoms with E-state index in [9.17, 15) is 42.9 Å². The number of halogens is 1. The molecule has 1 heterocycles. The van der Waals surface area contributed by atoms with E-state index >= 15 is 0 Å². The van der Waals surface area contributed by atoms with E-state index in [1.807, 2.05) is 20.8 Å². The maximum atomic E-state index is 14.3. The van der Waals surface area contributed by atoms with Crippen molar-refractivity contribution in [3.8, 4) is 0 Å². The quantitative estimate of drug-likeness (QED) is 0.0448. The smallest absolute Gasteiger partial charge is 0.456 e. The summed E-state index contributed by atoms with van der Waals surface area (Å²) < 4.78 is 33.2. The fourth-order valence-corrected chi connectivity index (χ4v) is 8.15. The summed E-state index contributed by atoms with van der Waals surface area (Å²) in [6.07, 6.45) is 0.351. The van der Waals surface area contributed by atoms with Gasteiger partial charge in [-0.15, -0.1) is 0 Å². The predicted molar refractivity (Wildman–Crippen MR) is 272 cm³/mol. The Morgan fingerprint density at radius 2 is 1.56 bits per heavy atom. The molecule has 0 fully saturated rings. The van der Waals surface area contributed by atoms with Crippen molar-refractivity contribution in [2.75, 3.05) is 33.8 Å². The van der Waals surface area contributed by atoms with Gasteiger partial charge >= 0.3 is 25.9 Å². The Hall–Kier alpha value is -5.34. The normalized spacial score (nSPS) is 25.7. The summed E-state index contributed by atoms with van der Waals surface area (Å²) in [4.78, 5) is 131. The first-order valence-corrected chi connectivity index (χ1v) is 26.5. The molecular weight excluding hydrogens is 991 g/mol. The molecule has 6 N–H and O–H groups in total. The number of alkyl carbamates (subject to hydrolysis) is 1. The molecule has 0 saturated carbocycles. The summed E-state index contributed by atoms with van der Waals surface area (Å²) in [7, 11) is -1.85. The first kappa shape index (κ1) is 63.8. The Bertz CT molecular complexity index is 2170. The number of nitrogens with one attached hydrogen (secondary N) is 4. The van der Waals surface area contributed by atoms with E-state index in [0.717, 1.165) is 4.90 Å². The number of likely N-dealkylation sites (N-methyl/N-ethyl adjacent to an activating group) is 2. The standard InChI is InChI=1S/C50H78ClN6O15P/c1-13-30(5)42-45(60)54-35(10)49(64)72-43(31(6)14-2)33(8)39(71-50(65)52-24-16-15-17-25-69-73(66,67)68)23-18-32(7)48(63)70-40(26-29(3)4)44(59)53-34(9)46(61)57(12)38(27-36-19-21-37(51)22-20-36)47(62)56(11)28-41(58)55-42/h14,18-22,29-30,33-35,38-40,42-43H,13,15-17,23-28H2,1-12H3,(H,52,65)(H,53,59)(H,54,60)(H,55,58)(H2,66,67,68)/b31-14+,32-18+/t30?,33-,34-,35+,38+,39-,40+,42-,43+/m0/s1. The van der Waals surface area contributed by atoms with Crippen molar-refractivity contribution < 1.29 is 71.4 Å². The zero-order valence-electron chi connectivity index (χ0n) is 44.2. The number of benzene rings is 1. The van der Waals surface area contributed by atoms with Crippen molar-refractivity contribution in [3.05, 3.63) is 58.1 Å². The largest absolute Gasteiger partial charge is 0.469 e. The van der Waals surface area contributed by atoms with Gasteiger partial charge in [-0.1, -0.05) is 76.9 Å². The SMILES string of the molecule is C/C=C(\C)[C@H]1OC(=O)[C@@H](C)NC(=O)[C@H](C(C)CC)NC(=O)CN(C)C(=O)[C@@H](Cc2ccc(Cl)cc2)N(C)C(=O)[C@H](C)NC(=O)[C@@H](CC(C)C)OC(=O)/C(C)=C/C[C@H](OC(=O)NCCCCCOP(=O)(O)O)[C@@H]1C. The molecule has 0 bridgehead atoms. The number of carbonyl (C=O) groups excluding carboxylic acids is 8. The molecule has 23 heteroatoms. The molecule has 21 nitrogen and oxygen atoms in total. The first-order valence-electron chi connectivity index (χ1n) is 24.6. The van der Waals surface area contributed by atoms with Crippen LogP contribution in [0.2, 0.25) is 5.02 Å². The molecule has 1 aromatic rings. The number of nitrogens with zero attached hydrogens (tertiary/aromatic N) is 2. The van der Waals surface area contributed by atoms with Gasteiger partial charge in [-0.2, -0.15) is 0 Å². The lowest BCUT2D eigenvalue weighted by molar-refractivity contribution is -0.155. The molecule has 1 aliphatic rings. The zero-order valence-corrected chi connectivity index (χ0v) is 45.9. The summed E-state index contributed by atoms with van der Waals surface area (Å²) in [5.41, 5.74) is 1.22. The van der Waals surface area contributed by atoms with Gasteiger partial charge in [0.1, 0.15) is 36.4 Å². The van der Waals surface area contributed by atoms with Crippen LogP contribution in [0.5, 0.6) is 0 Å². The number of ether oxygens (including phenoxy) is 3. The maximum absolute atomic E-state index is 14.3. The number of carbonyl (C=O) groups is 8. The van der Waals surface area contributed by atoms with E-state index in [1.54, 1.807) is 58.0 Å². The molecular formula is C50H78ClN6O15P. The van der Waals surface area contributed by atoms with E-state index in [-0.39, 0.29) is 43.9 Å². The third-order valence-corrected chi connectivity index (χ3v) is 13.2. The van der Waals surface area contributed by atoms with Crippen LogP contribution in [0.1, 0.15) is 113 Å². The molecule has 1 aliphatic heterocycles. The zero-order chi connectivity index (χ0) is 55.3. The third-order valence-electron chi connectivity index (χ3n) is 12.5. The van der Waals surface area contributed by atoms with Crippen molar-refractivity contribution in [1.29, 1.82) is 0 Å². The summed E-state index contributed by atoms with van der Waals surface area (Å²) in [5.74, 6) is -6.64. The van der Waals surface area contributed by atoms with Crippen LogP contribution < -0.4 is 21.3 Å². The van der Waals surface area contributed by atoms with Crippen molar-refractivity contribution >= 4 is 67.0 Å². The van der Waals surface area contributed by atoms with Crippen LogP contribution in [0.25, 0.3) is 0 Å². The summed E-state index contributed by atoms with van der Waals surface area (Å²) in [5, 5.41) is 11.1. The van der Waals surface area contributed by atoms with E-state index in [2.05, 4.69) is 25.8 Å². The number of cyclic esters (lactones) is 2. The van der Waals surface area contributed by atoms with Crippen LogP contribution in [0.3, 0.4) is 0 Å². The van der Waals surface area contributed by atoms with Crippen LogP contribution in [0.4, 0.5) is 4.79 Å². The van der Waals surface area contributed by atoms with Gasteiger partial charge in [0.2, 0.25) is 23.6 Å². The molecule has 0 saturated heterocycles. The second-order valence-corrected chi connectivity index (χ2v) is 20.7. The van der Waals surface area contributed by atoms with Crippen molar-refractivity contribution in [2.24, 2.45) is 17.8 Å². The van der Waals surface area contributed by atoms with Gasteiger partial charge in [0.15, 0.2) is 6.10 Å². The molecule has 9 atom stereocenters. The molecule has 6 amide bonds. The van der Waals surface area contributed by atoms with Gasteiger partial charge in [-0.25, -0.2) is 18.9 Å². The van der Waals surface area contributed by atoms with Gasteiger partial charge in [0.25, 0.3) is 5.91 Å². The number of allylic oxidation sites excluding steroid dienone is 1. The first-order chi connectivity index (χ1) is 34.1. The molecule has 0 aromatic heterocycles. The molecule has 410 valence electrons. The van der Waals surface area contributed by atoms with Crippen molar-refractivity contribution in [2.45, 2.75) is 157 Å². The molecule has 1 unspecified atom stereocenters. The van der Waals surface area contributed by atoms with Crippen LogP contribution in [0.15, 0.2) is 47.6 Å². The number of esters is 2. The van der Waals surface area contributed by atoms with Crippen LogP contribution in [0, 0.1) is 17.8 Å². The van der Waals surface area contributed by atoms with Crippen LogP contribution >= 0.6 is 19.4 Å². The highest BCUT2D eigenvalue weighted by molar-refractivity contribution is 7.46. The Morgan fingerprint density at radius 3 is 2.15 bits per heavy atom. The number of phosphoric acid groups is 1. The molecule has 73 heavy (non-hydrogen) atoms. The number of phosphoric ester groups is 1. The maximum Gasteiger partial charge on any atom is 0.469 e. The van der Waals surface area contributed by atoms with Gasteiger partial charge in [0, 0.05) is 50.0 Å². The van der Waals surface area contributed by atoms with Gasteiger partial charge < -0.3 is 55.1 Å². The van der Waals surface area contributed by atoms with Gasteiger partial charge in [-0.3, -0.25) is 28.5 Å². The number of amides is 6. The molecule has 2 rings (SSSR count). The lowest BCUT2D eigenvalue weighted by Crippen LogP contribution is -2.57. The second-order valence-electron chi connectivity index (χ2n) is 19.0. The number of rotatable bonds is 15. The van der Waals surface area contributed by atoms with E-state index in [1.165, 1.54) is 45.8 Å². The third kappa shape index (κ3) is 22.0. The minimum Gasteiger partial charge on any atom is -0.456 e. The fraction of sp³-hybridized carbons (Fsp3) is 0.640. The molecule has 1 aromatic carbocycles. The Balaban J connectivity index is 2.67. The summed E-state index contributed by atoms with van der Waals surface area (Å²) in [6.45, 7) is 16.0. The van der Waals surface area contributed by atoms with Gasteiger partial charge in [-0.05, 0) is 95.4 Å². The highest BCUT2D eigenvalue weighted by Gasteiger charge is 2.38. The van der Waals surface area contributed by atoms with E-state index < -0.39 is 116 Å². The average Bonchev–Trinajstić information content (AvgIpc) is 3.32. The Labute approximate surface area is 434 Å². The number of hydrogen-bond acceptors (Lipinski definition) is 13. The summed E-state index contributed by atoms with van der Waals surface area (Å²) in [6, 6.07) is 1.77. The van der Waals surface area contributed by atoms with Crippen molar-refractivity contribution in [3.63, 3.8) is 0 Å². The van der Waals surface area contributed by atoms with Crippen molar-refractivity contribution in [1.82, 2.24) is 31.1 Å². The molecule has 0 aliphatic carbocycles. The minimum atomic E-state index is -4.61. The van der Waals surface area contributed by atoms with E-state index in [4.69, 9.17) is 35.6 Å². The Morgan fingerprint density at radius 1 is 0.932 bits per heavy atom. The van der Waals surface area contributed by atoms with Crippen LogP contribution in [-0.4, -0.2) is 143 Å². The van der Waals surface area contributed by atoms with Crippen LogP contribution in [-0.2, 0) is 63.3 Å². The monoisotopic (exact) mass is 1070 g/mol. The lowest BCUT2D eigenvalue weighted by atomic mass is 9.90. The minimum absolute atomic E-state index is 0.0122. The summed E-state index contributed by atoms with van der Waals surface area (Å²) >= 11 is 6.14. The second kappa shape index (κ2) is 30.8. The number of hydrogen-bond donors (Lipinski definition) is 6. The molecule has 0 radical (unpaired) electrons. The highest BCUT2D eigenvalue weighted by Crippen LogP contribution is 2.35. The topological polar surface area (TPSA) is 286 Å². The van der Waals surface area contributed by atoms with E-state index in [0.29, 0.717) is 41.8 Å². The average molecular weight is 1070 g/mol. The predicted octanol–water partition coefficient (Wildman–Crippen LogP) is 4.90. The highest BCUT2D eigenvalue weighted by atomic mass is 35.5. The lowest BCUT2D eigenvalue weighted by Gasteiger charge is -2.33. The molecule has 0 spiro atoms.